The van der Waals surface area contributed by atoms with Crippen molar-refractivity contribution in [3.63, 3.8) is 0 Å². The molecule has 0 unspecified atom stereocenters. The molecule has 0 bridgehead atoms. The summed E-state index contributed by atoms with van der Waals surface area (Å²) in [5.41, 5.74) is 8.24. The van der Waals surface area contributed by atoms with Gasteiger partial charge in [0, 0.05) is 25.1 Å². The van der Waals surface area contributed by atoms with E-state index >= 15 is 0 Å². The van der Waals surface area contributed by atoms with Gasteiger partial charge in [0.15, 0.2) is 23.5 Å². The molecule has 0 amide bonds. The lowest BCUT2D eigenvalue weighted by Crippen LogP contribution is -2.48. The SMILES string of the molecule is CN(C[C@H]1O[C@@H](n2cnc3c(N)ncnc32)[C@@H]2OC(C)(C)O[C@@H]21)[C@H]1C[C@@H](CCc2nc3cc(OC(F)(F)F)ccc3[nH]2)C1. The third-order valence-electron chi connectivity index (χ3n) is 8.62. The maximum atomic E-state index is 12.5. The third kappa shape index (κ3) is 5.50. The Labute approximate surface area is 244 Å². The lowest BCUT2D eigenvalue weighted by molar-refractivity contribution is -0.274. The van der Waals surface area contributed by atoms with Crippen molar-refractivity contribution in [1.82, 2.24) is 34.4 Å². The van der Waals surface area contributed by atoms with Crippen LogP contribution in [-0.2, 0) is 20.6 Å². The van der Waals surface area contributed by atoms with Gasteiger partial charge in [-0.25, -0.2) is 19.9 Å². The maximum Gasteiger partial charge on any atom is 0.573 e. The molecule has 43 heavy (non-hydrogen) atoms. The molecule has 4 atom stereocenters. The van der Waals surface area contributed by atoms with Gasteiger partial charge < -0.3 is 34.6 Å². The average Bonchev–Trinajstić information content (AvgIpc) is 3.64. The molecule has 1 aliphatic carbocycles. The van der Waals surface area contributed by atoms with E-state index in [-0.39, 0.29) is 24.1 Å². The monoisotopic (exact) mass is 602 g/mol. The number of hydrogen-bond donors (Lipinski definition) is 2. The van der Waals surface area contributed by atoms with Crippen molar-refractivity contribution in [2.24, 2.45) is 5.92 Å². The number of nitrogen functional groups attached to an aromatic ring is 1. The molecular formula is C28H33F3N8O4. The number of H-pyrrole nitrogens is 1. The topological polar surface area (TPSA) is 138 Å². The molecule has 12 nitrogen and oxygen atoms in total. The average molecular weight is 603 g/mol. The van der Waals surface area contributed by atoms with Gasteiger partial charge in [-0.05, 0) is 58.2 Å². The van der Waals surface area contributed by atoms with Crippen molar-refractivity contribution in [2.45, 2.75) is 82.3 Å². The number of ether oxygens (including phenoxy) is 4. The number of nitrogens with two attached hydrogens (primary N) is 1. The summed E-state index contributed by atoms with van der Waals surface area (Å²) in [6, 6.07) is 4.55. The smallest absolute Gasteiger partial charge is 0.406 e. The van der Waals surface area contributed by atoms with Crippen LogP contribution in [0.3, 0.4) is 0 Å². The Balaban J connectivity index is 0.952. The molecule has 3 fully saturated rings. The van der Waals surface area contributed by atoms with Crippen molar-refractivity contribution in [1.29, 1.82) is 0 Å². The molecule has 7 rings (SSSR count). The first-order chi connectivity index (χ1) is 20.4. The summed E-state index contributed by atoms with van der Waals surface area (Å²) in [6.45, 7) is 4.48. The molecule has 15 heteroatoms. The van der Waals surface area contributed by atoms with Crippen LogP contribution >= 0.6 is 0 Å². The van der Waals surface area contributed by atoms with Gasteiger partial charge in [0.1, 0.15) is 41.7 Å². The summed E-state index contributed by atoms with van der Waals surface area (Å²) in [6.07, 6.45) is 0.772. The van der Waals surface area contributed by atoms with Crippen LogP contribution in [0.4, 0.5) is 19.0 Å². The lowest BCUT2D eigenvalue weighted by Gasteiger charge is -2.42. The van der Waals surface area contributed by atoms with Gasteiger partial charge in [-0.1, -0.05) is 0 Å². The van der Waals surface area contributed by atoms with Crippen molar-refractivity contribution in [3.05, 3.63) is 36.7 Å². The van der Waals surface area contributed by atoms with Crippen molar-refractivity contribution in [2.75, 3.05) is 19.3 Å². The maximum absolute atomic E-state index is 12.5. The highest BCUT2D eigenvalue weighted by Gasteiger charge is 2.56. The van der Waals surface area contributed by atoms with E-state index in [9.17, 15) is 13.2 Å². The molecule has 3 aromatic heterocycles. The Morgan fingerprint density at radius 3 is 2.74 bits per heavy atom. The molecule has 2 aliphatic heterocycles. The minimum atomic E-state index is -4.73. The van der Waals surface area contributed by atoms with Gasteiger partial charge in [-0.2, -0.15) is 0 Å². The van der Waals surface area contributed by atoms with Crippen LogP contribution in [0.1, 0.15) is 45.2 Å². The zero-order chi connectivity index (χ0) is 30.1. The van der Waals surface area contributed by atoms with Gasteiger partial charge in [0.25, 0.3) is 0 Å². The summed E-state index contributed by atoms with van der Waals surface area (Å²) in [5.74, 6) is 0.573. The van der Waals surface area contributed by atoms with Crippen LogP contribution < -0.4 is 10.5 Å². The van der Waals surface area contributed by atoms with E-state index in [1.54, 1.807) is 12.4 Å². The predicted octanol–water partition coefficient (Wildman–Crippen LogP) is 3.94. The molecule has 4 aromatic rings. The van der Waals surface area contributed by atoms with E-state index in [0.717, 1.165) is 31.5 Å². The first-order valence-electron chi connectivity index (χ1n) is 14.3. The van der Waals surface area contributed by atoms with E-state index in [1.165, 1.54) is 18.5 Å². The quantitative estimate of drug-likeness (QED) is 0.305. The van der Waals surface area contributed by atoms with Crippen LogP contribution in [0.25, 0.3) is 22.2 Å². The fourth-order valence-corrected chi connectivity index (χ4v) is 6.51. The molecule has 5 heterocycles. The lowest BCUT2D eigenvalue weighted by atomic mass is 9.76. The highest BCUT2D eigenvalue weighted by molar-refractivity contribution is 5.81. The standard InChI is InChI=1S/C28H33F3N8O4/c1-27(2)42-22-19(40-26(23(22)43-27)39-13-35-21-24(32)33-12-34-25(21)39)11-38(3)15-8-14(9-15)4-7-20-36-17-6-5-16(10-18(17)37-20)41-28(29,30)31/h5-6,10,12-15,19,22-23,26H,4,7-9,11H2,1-3H3,(H,36,37)(H2,32,33,34)/t14-,15+,19-,22-,23-,26-/m1/s1. The Morgan fingerprint density at radius 2 is 1.95 bits per heavy atom. The molecule has 1 aromatic carbocycles. The Bertz CT molecular complexity index is 1640. The number of hydrogen-bond acceptors (Lipinski definition) is 10. The minimum Gasteiger partial charge on any atom is -0.406 e. The van der Waals surface area contributed by atoms with Crippen LogP contribution in [-0.4, -0.2) is 84.5 Å². The number of alkyl halides is 3. The summed E-state index contributed by atoms with van der Waals surface area (Å²) in [5, 5.41) is 0. The van der Waals surface area contributed by atoms with Crippen molar-refractivity contribution in [3.8, 4) is 5.75 Å². The van der Waals surface area contributed by atoms with E-state index in [1.807, 2.05) is 18.4 Å². The fraction of sp³-hybridized carbons (Fsp3) is 0.571. The largest absolute Gasteiger partial charge is 0.573 e. The van der Waals surface area contributed by atoms with Crippen molar-refractivity contribution < 1.29 is 32.1 Å². The number of nitrogens with zero attached hydrogens (tertiary/aromatic N) is 6. The first kappa shape index (κ1) is 28.3. The Morgan fingerprint density at radius 1 is 1.16 bits per heavy atom. The molecule has 0 radical (unpaired) electrons. The van der Waals surface area contributed by atoms with E-state index in [4.69, 9.17) is 19.9 Å². The van der Waals surface area contributed by atoms with Crippen LogP contribution in [0.5, 0.6) is 5.75 Å². The summed E-state index contributed by atoms with van der Waals surface area (Å²) in [7, 11) is 2.11. The van der Waals surface area contributed by atoms with Gasteiger partial charge >= 0.3 is 6.36 Å². The second-order valence-electron chi connectivity index (χ2n) is 12.1. The van der Waals surface area contributed by atoms with Crippen LogP contribution in [0, 0.1) is 5.92 Å². The Hall–Kier alpha value is -3.53. The highest BCUT2D eigenvalue weighted by atomic mass is 19.4. The predicted molar refractivity (Wildman–Crippen MR) is 148 cm³/mol. The number of nitrogens with one attached hydrogen (secondary N) is 1. The van der Waals surface area contributed by atoms with Crippen LogP contribution in [0.15, 0.2) is 30.9 Å². The number of aromatic nitrogens is 6. The highest BCUT2D eigenvalue weighted by Crippen LogP contribution is 2.45. The van der Waals surface area contributed by atoms with E-state index in [0.29, 0.717) is 46.5 Å². The van der Waals surface area contributed by atoms with Gasteiger partial charge in [0.2, 0.25) is 0 Å². The normalized spacial score (nSPS) is 28.5. The summed E-state index contributed by atoms with van der Waals surface area (Å²) >= 11 is 0. The molecule has 3 N–H and O–H groups in total. The molecule has 2 saturated heterocycles. The molecule has 3 aliphatic rings. The number of aromatic amines is 1. The number of rotatable bonds is 8. The number of likely N-dealkylation sites (N-methyl/N-ethyl adjacent to an activating group) is 1. The summed E-state index contributed by atoms with van der Waals surface area (Å²) < 4.78 is 62.6. The van der Waals surface area contributed by atoms with Gasteiger partial charge in [-0.15, -0.1) is 13.2 Å². The number of aryl methyl sites for hydroxylation is 1. The molecular weight excluding hydrogens is 569 g/mol. The Kier molecular flexibility index (Phi) is 6.76. The fourth-order valence-electron chi connectivity index (χ4n) is 6.51. The van der Waals surface area contributed by atoms with E-state index in [2.05, 4.69) is 41.6 Å². The molecule has 1 saturated carbocycles. The zero-order valence-electron chi connectivity index (χ0n) is 23.9. The van der Waals surface area contributed by atoms with E-state index < -0.39 is 18.4 Å². The molecule has 230 valence electrons. The number of anilines is 1. The number of fused-ring (bicyclic) bond motifs is 3. The zero-order valence-corrected chi connectivity index (χ0v) is 23.9. The number of imidazole rings is 2. The minimum absolute atomic E-state index is 0.223. The van der Waals surface area contributed by atoms with Gasteiger partial charge in [-0.3, -0.25) is 4.57 Å². The first-order valence-corrected chi connectivity index (χ1v) is 14.3. The number of halogens is 3. The second kappa shape index (κ2) is 10.3. The summed E-state index contributed by atoms with van der Waals surface area (Å²) in [4.78, 5) is 22.8. The van der Waals surface area contributed by atoms with Crippen molar-refractivity contribution >= 4 is 28.0 Å². The second-order valence-corrected chi connectivity index (χ2v) is 12.1. The van der Waals surface area contributed by atoms with Gasteiger partial charge in [0.05, 0.1) is 17.4 Å². The molecule has 0 spiro atoms. The third-order valence-corrected chi connectivity index (χ3v) is 8.62. The van der Waals surface area contributed by atoms with Crippen LogP contribution in [0.2, 0.25) is 0 Å². The number of benzene rings is 1.